The fourth-order valence-corrected chi connectivity index (χ4v) is 4.30. The van der Waals surface area contributed by atoms with Gasteiger partial charge in [-0.3, -0.25) is 0 Å². The molecule has 0 spiro atoms. The van der Waals surface area contributed by atoms with Gasteiger partial charge in [-0.15, -0.1) is 0 Å². The molecule has 0 heteroatoms. The Kier molecular flexibility index (Phi) is 20.7. The van der Waals surface area contributed by atoms with Gasteiger partial charge in [0.1, 0.15) is 0 Å². The highest BCUT2D eigenvalue weighted by molar-refractivity contribution is 4.58. The Labute approximate surface area is 174 Å². The molecule has 0 bridgehead atoms. The first-order valence-corrected chi connectivity index (χ1v) is 13.1. The summed E-state index contributed by atoms with van der Waals surface area (Å²) in [5.74, 6) is 2.82. The molecule has 2 atom stereocenters. The van der Waals surface area contributed by atoms with Crippen molar-refractivity contribution in [2.45, 2.75) is 157 Å². The molecular formula is C27H56. The van der Waals surface area contributed by atoms with Gasteiger partial charge >= 0.3 is 0 Å². The van der Waals surface area contributed by atoms with E-state index in [1.54, 1.807) is 0 Å². The molecule has 0 N–H and O–H groups in total. The van der Waals surface area contributed by atoms with Crippen LogP contribution >= 0.6 is 0 Å². The molecule has 27 heavy (non-hydrogen) atoms. The second-order valence-electron chi connectivity index (χ2n) is 10.1. The van der Waals surface area contributed by atoms with E-state index in [1.165, 1.54) is 122 Å². The van der Waals surface area contributed by atoms with Gasteiger partial charge in [-0.1, -0.05) is 157 Å². The van der Waals surface area contributed by atoms with Gasteiger partial charge in [-0.05, 0) is 17.8 Å². The molecule has 0 fully saturated rings. The second-order valence-corrected chi connectivity index (χ2v) is 10.1. The SMILES string of the molecule is CCCCCCC(C)CCCCCC(C)CCCCCCCCCC(C)C. The maximum Gasteiger partial charge on any atom is -0.0443 e. The van der Waals surface area contributed by atoms with Crippen LogP contribution in [0.15, 0.2) is 0 Å². The zero-order valence-electron chi connectivity index (χ0n) is 20.2. The highest BCUT2D eigenvalue weighted by Crippen LogP contribution is 2.21. The average Bonchev–Trinajstić information content (AvgIpc) is 2.63. The van der Waals surface area contributed by atoms with Crippen LogP contribution in [0, 0.1) is 17.8 Å². The monoisotopic (exact) mass is 380 g/mol. The van der Waals surface area contributed by atoms with Crippen LogP contribution in [0.25, 0.3) is 0 Å². The minimum absolute atomic E-state index is 0.894. The Morgan fingerprint density at radius 2 is 0.667 bits per heavy atom. The number of hydrogen-bond acceptors (Lipinski definition) is 0. The van der Waals surface area contributed by atoms with Gasteiger partial charge < -0.3 is 0 Å². The summed E-state index contributed by atoms with van der Waals surface area (Å²) in [7, 11) is 0. The van der Waals surface area contributed by atoms with E-state index in [2.05, 4.69) is 34.6 Å². The van der Waals surface area contributed by atoms with Crippen molar-refractivity contribution in [1.82, 2.24) is 0 Å². The summed E-state index contributed by atoms with van der Waals surface area (Å²) >= 11 is 0. The summed E-state index contributed by atoms with van der Waals surface area (Å²) in [6.45, 7) is 12.0. The maximum absolute atomic E-state index is 2.49. The standard InChI is InChI=1S/C27H56/c1-6-7-8-16-21-26(4)23-18-14-19-24-27(5)22-17-13-11-9-10-12-15-20-25(2)3/h25-27H,6-24H2,1-5H3. The van der Waals surface area contributed by atoms with Gasteiger partial charge in [0.15, 0.2) is 0 Å². The summed E-state index contributed by atoms with van der Waals surface area (Å²) in [5, 5.41) is 0. The van der Waals surface area contributed by atoms with Gasteiger partial charge in [0, 0.05) is 0 Å². The zero-order valence-corrected chi connectivity index (χ0v) is 20.2. The molecule has 0 aromatic rings. The molecule has 0 saturated carbocycles. The largest absolute Gasteiger partial charge is 0.0654 e. The predicted molar refractivity (Wildman–Crippen MR) is 127 cm³/mol. The molecule has 0 aromatic carbocycles. The third-order valence-electron chi connectivity index (χ3n) is 6.42. The van der Waals surface area contributed by atoms with E-state index in [9.17, 15) is 0 Å². The summed E-state index contributed by atoms with van der Waals surface area (Å²) < 4.78 is 0. The summed E-state index contributed by atoms with van der Waals surface area (Å²) in [4.78, 5) is 0. The highest BCUT2D eigenvalue weighted by Gasteiger charge is 2.04. The molecule has 164 valence electrons. The van der Waals surface area contributed by atoms with Crippen molar-refractivity contribution < 1.29 is 0 Å². The van der Waals surface area contributed by atoms with Crippen molar-refractivity contribution >= 4 is 0 Å². The van der Waals surface area contributed by atoms with Crippen LogP contribution in [-0.4, -0.2) is 0 Å². The van der Waals surface area contributed by atoms with Crippen molar-refractivity contribution in [3.63, 3.8) is 0 Å². The van der Waals surface area contributed by atoms with Gasteiger partial charge in [-0.25, -0.2) is 0 Å². The molecule has 0 aliphatic carbocycles. The lowest BCUT2D eigenvalue weighted by Gasteiger charge is -2.13. The lowest BCUT2D eigenvalue weighted by molar-refractivity contribution is 0.408. The molecule has 0 heterocycles. The van der Waals surface area contributed by atoms with Gasteiger partial charge in [-0.2, -0.15) is 0 Å². The Morgan fingerprint density at radius 3 is 1.04 bits per heavy atom. The molecule has 0 aliphatic rings. The Hall–Kier alpha value is 0. The molecule has 0 amide bonds. The van der Waals surface area contributed by atoms with Crippen LogP contribution in [0.3, 0.4) is 0 Å². The molecule has 0 aliphatic heterocycles. The van der Waals surface area contributed by atoms with Crippen LogP contribution in [0.4, 0.5) is 0 Å². The lowest BCUT2D eigenvalue weighted by atomic mass is 9.93. The van der Waals surface area contributed by atoms with E-state index in [4.69, 9.17) is 0 Å². The smallest absolute Gasteiger partial charge is 0.0443 e. The first-order chi connectivity index (χ1) is 13.1. The highest BCUT2D eigenvalue weighted by atomic mass is 14.1. The average molecular weight is 381 g/mol. The molecule has 0 rings (SSSR count). The van der Waals surface area contributed by atoms with Gasteiger partial charge in [0.05, 0.1) is 0 Å². The number of rotatable bonds is 21. The maximum atomic E-state index is 2.49. The van der Waals surface area contributed by atoms with E-state index in [1.807, 2.05) is 0 Å². The molecule has 0 saturated heterocycles. The first-order valence-electron chi connectivity index (χ1n) is 13.1. The van der Waals surface area contributed by atoms with E-state index < -0.39 is 0 Å². The van der Waals surface area contributed by atoms with Crippen molar-refractivity contribution in [2.75, 3.05) is 0 Å². The van der Waals surface area contributed by atoms with E-state index in [0.717, 1.165) is 17.8 Å². The third-order valence-corrected chi connectivity index (χ3v) is 6.42. The third kappa shape index (κ3) is 22.2. The minimum atomic E-state index is 0.894. The molecule has 0 nitrogen and oxygen atoms in total. The number of unbranched alkanes of at least 4 members (excludes halogenated alkanes) is 11. The minimum Gasteiger partial charge on any atom is -0.0654 e. The quantitative estimate of drug-likeness (QED) is 0.174. The van der Waals surface area contributed by atoms with E-state index >= 15 is 0 Å². The normalized spacial score (nSPS) is 14.0. The molecule has 2 unspecified atom stereocenters. The van der Waals surface area contributed by atoms with Gasteiger partial charge in [0.25, 0.3) is 0 Å². The Balaban J connectivity index is 3.26. The topological polar surface area (TPSA) is 0 Å². The van der Waals surface area contributed by atoms with Crippen LogP contribution in [0.5, 0.6) is 0 Å². The van der Waals surface area contributed by atoms with Crippen molar-refractivity contribution in [2.24, 2.45) is 17.8 Å². The second kappa shape index (κ2) is 20.7. The molecular weight excluding hydrogens is 324 g/mol. The molecule has 0 radical (unpaired) electrons. The van der Waals surface area contributed by atoms with Crippen LogP contribution in [0.2, 0.25) is 0 Å². The van der Waals surface area contributed by atoms with Gasteiger partial charge in [0.2, 0.25) is 0 Å². The van der Waals surface area contributed by atoms with Crippen LogP contribution in [-0.2, 0) is 0 Å². The lowest BCUT2D eigenvalue weighted by Crippen LogP contribution is -1.97. The zero-order chi connectivity index (χ0) is 20.2. The first kappa shape index (κ1) is 27.0. The van der Waals surface area contributed by atoms with Crippen molar-refractivity contribution in [3.05, 3.63) is 0 Å². The summed E-state index contributed by atoms with van der Waals surface area (Å²) in [6.07, 6.45) is 27.7. The fourth-order valence-electron chi connectivity index (χ4n) is 4.30. The van der Waals surface area contributed by atoms with Crippen LogP contribution in [0.1, 0.15) is 157 Å². The summed E-state index contributed by atoms with van der Waals surface area (Å²) in [5.41, 5.74) is 0. The van der Waals surface area contributed by atoms with E-state index in [0.29, 0.717) is 0 Å². The predicted octanol–water partition coefficient (Wildman–Crippen LogP) is 10.3. The van der Waals surface area contributed by atoms with Crippen molar-refractivity contribution in [1.29, 1.82) is 0 Å². The number of hydrogen-bond donors (Lipinski definition) is 0. The van der Waals surface area contributed by atoms with E-state index in [-0.39, 0.29) is 0 Å². The Morgan fingerprint density at radius 1 is 0.370 bits per heavy atom. The summed E-state index contributed by atoms with van der Waals surface area (Å²) in [6, 6.07) is 0. The van der Waals surface area contributed by atoms with Crippen LogP contribution < -0.4 is 0 Å². The van der Waals surface area contributed by atoms with Crippen molar-refractivity contribution in [3.8, 4) is 0 Å². The molecule has 0 aromatic heterocycles. The fraction of sp³-hybridized carbons (Fsp3) is 1.00. The Bertz CT molecular complexity index is 267.